The number of nitrogens with zero attached hydrogens (tertiary/aromatic N) is 1. The molecule has 0 saturated carbocycles. The Kier molecular flexibility index (Phi) is 5.86. The first kappa shape index (κ1) is 18.7. The maximum atomic E-state index is 13.2. The Morgan fingerprint density at radius 3 is 2.12 bits per heavy atom. The van der Waals surface area contributed by atoms with Gasteiger partial charge in [0.1, 0.15) is 0 Å². The zero-order valence-electron chi connectivity index (χ0n) is 14.2. The lowest BCUT2D eigenvalue weighted by atomic mass is 10.1. The summed E-state index contributed by atoms with van der Waals surface area (Å²) < 4.78 is 27.8. The van der Waals surface area contributed by atoms with Crippen LogP contribution in [0.2, 0.25) is 5.02 Å². The molecule has 0 aromatic heterocycles. The van der Waals surface area contributed by atoms with Gasteiger partial charge in [-0.2, -0.15) is 4.31 Å². The van der Waals surface area contributed by atoms with E-state index in [1.807, 2.05) is 45.0 Å². The number of rotatable bonds is 6. The Morgan fingerprint density at radius 2 is 1.62 bits per heavy atom. The molecule has 2 rings (SSSR count). The number of aryl methyl sites for hydroxylation is 3. The van der Waals surface area contributed by atoms with E-state index in [1.54, 1.807) is 18.2 Å². The number of benzene rings is 2. The summed E-state index contributed by atoms with van der Waals surface area (Å²) in [5, 5.41) is 0.627. The second-order valence-corrected chi connectivity index (χ2v) is 8.25. The summed E-state index contributed by atoms with van der Waals surface area (Å²) in [7, 11) is -3.62. The molecule has 0 unspecified atom stereocenters. The summed E-state index contributed by atoms with van der Waals surface area (Å²) in [6.07, 6.45) is 1.60. The number of sulfonamides is 1. The van der Waals surface area contributed by atoms with Crippen molar-refractivity contribution in [2.45, 2.75) is 32.2 Å². The third-order valence-corrected chi connectivity index (χ3v) is 6.18. The normalized spacial score (nSPS) is 11.7. The van der Waals surface area contributed by atoms with Crippen LogP contribution in [0.4, 0.5) is 0 Å². The predicted octanol–water partition coefficient (Wildman–Crippen LogP) is 4.64. The molecule has 2 aromatic rings. The lowest BCUT2D eigenvalue weighted by molar-refractivity contribution is 0.437. The smallest absolute Gasteiger partial charge is 0.207 e. The molecule has 0 bridgehead atoms. The van der Waals surface area contributed by atoms with E-state index < -0.39 is 10.0 Å². The van der Waals surface area contributed by atoms with Crippen LogP contribution in [-0.4, -0.2) is 19.3 Å². The van der Waals surface area contributed by atoms with Crippen molar-refractivity contribution in [2.24, 2.45) is 0 Å². The van der Waals surface area contributed by atoms with Gasteiger partial charge >= 0.3 is 0 Å². The SMILES string of the molecule is C=CCN(Cc1ccc(Cl)cc1)S(=O)(=O)c1c(C)cc(C)cc1C. The molecule has 0 aliphatic heterocycles. The largest absolute Gasteiger partial charge is 0.244 e. The van der Waals surface area contributed by atoms with Crippen molar-refractivity contribution in [3.8, 4) is 0 Å². The maximum absolute atomic E-state index is 13.2. The summed E-state index contributed by atoms with van der Waals surface area (Å²) in [5.41, 5.74) is 3.46. The highest BCUT2D eigenvalue weighted by Crippen LogP contribution is 2.26. The highest BCUT2D eigenvalue weighted by atomic mass is 35.5. The fourth-order valence-electron chi connectivity index (χ4n) is 2.89. The predicted molar refractivity (Wildman–Crippen MR) is 99.9 cm³/mol. The van der Waals surface area contributed by atoms with Crippen molar-refractivity contribution < 1.29 is 8.42 Å². The molecule has 0 spiro atoms. The Balaban J connectivity index is 2.46. The molecular weight excluding hydrogens is 342 g/mol. The van der Waals surface area contributed by atoms with Crippen LogP contribution >= 0.6 is 11.6 Å². The average molecular weight is 364 g/mol. The molecule has 0 radical (unpaired) electrons. The second kappa shape index (κ2) is 7.51. The van der Waals surface area contributed by atoms with Crippen LogP contribution in [0.3, 0.4) is 0 Å². The summed E-state index contributed by atoms with van der Waals surface area (Å²) in [5.74, 6) is 0. The van der Waals surface area contributed by atoms with Crippen LogP contribution in [0.1, 0.15) is 22.3 Å². The Labute approximate surface area is 149 Å². The first-order valence-corrected chi connectivity index (χ1v) is 9.51. The van der Waals surface area contributed by atoms with Crippen LogP contribution in [0.5, 0.6) is 0 Å². The highest BCUT2D eigenvalue weighted by Gasteiger charge is 2.27. The Bertz CT molecular complexity index is 819. The van der Waals surface area contributed by atoms with E-state index in [1.165, 1.54) is 4.31 Å². The molecule has 24 heavy (non-hydrogen) atoms. The standard InChI is InChI=1S/C19H22ClNO2S/c1-5-10-21(13-17-6-8-18(20)9-7-17)24(22,23)19-15(3)11-14(2)12-16(19)4/h5-9,11-12H,1,10,13H2,2-4H3. The monoisotopic (exact) mass is 363 g/mol. The quantitative estimate of drug-likeness (QED) is 0.701. The molecule has 0 amide bonds. The summed E-state index contributed by atoms with van der Waals surface area (Å²) in [6, 6.07) is 11.0. The zero-order chi connectivity index (χ0) is 17.9. The van der Waals surface area contributed by atoms with Crippen molar-refractivity contribution in [3.63, 3.8) is 0 Å². The molecule has 0 N–H and O–H groups in total. The van der Waals surface area contributed by atoms with Gasteiger partial charge in [-0.1, -0.05) is 47.5 Å². The molecular formula is C19H22ClNO2S. The minimum atomic E-state index is -3.62. The van der Waals surface area contributed by atoms with Gasteiger partial charge in [0.05, 0.1) is 4.90 Å². The van der Waals surface area contributed by atoms with Gasteiger partial charge in [0.2, 0.25) is 10.0 Å². The molecule has 0 fully saturated rings. The van der Waals surface area contributed by atoms with Crippen LogP contribution in [0.15, 0.2) is 53.9 Å². The highest BCUT2D eigenvalue weighted by molar-refractivity contribution is 7.89. The van der Waals surface area contributed by atoms with E-state index in [0.717, 1.165) is 22.3 Å². The fraction of sp³-hybridized carbons (Fsp3) is 0.263. The van der Waals surface area contributed by atoms with Crippen molar-refractivity contribution in [2.75, 3.05) is 6.54 Å². The van der Waals surface area contributed by atoms with Gasteiger partial charge in [-0.15, -0.1) is 6.58 Å². The lowest BCUT2D eigenvalue weighted by Crippen LogP contribution is -2.32. The van der Waals surface area contributed by atoms with Crippen molar-refractivity contribution in [1.29, 1.82) is 0 Å². The maximum Gasteiger partial charge on any atom is 0.244 e. The van der Waals surface area contributed by atoms with E-state index in [-0.39, 0.29) is 13.1 Å². The molecule has 0 heterocycles. The van der Waals surface area contributed by atoms with Gasteiger partial charge in [0.15, 0.2) is 0 Å². The minimum Gasteiger partial charge on any atom is -0.207 e. The number of halogens is 1. The third-order valence-electron chi connectivity index (χ3n) is 3.81. The molecule has 3 nitrogen and oxygen atoms in total. The van der Waals surface area contributed by atoms with E-state index >= 15 is 0 Å². The zero-order valence-corrected chi connectivity index (χ0v) is 15.8. The summed E-state index contributed by atoms with van der Waals surface area (Å²) in [6.45, 7) is 9.85. The Hall–Kier alpha value is -1.62. The fourth-order valence-corrected chi connectivity index (χ4v) is 4.82. The van der Waals surface area contributed by atoms with E-state index in [2.05, 4.69) is 6.58 Å². The Morgan fingerprint density at radius 1 is 1.08 bits per heavy atom. The van der Waals surface area contributed by atoms with Crippen molar-refractivity contribution in [1.82, 2.24) is 4.31 Å². The minimum absolute atomic E-state index is 0.248. The second-order valence-electron chi connectivity index (χ2n) is 5.94. The van der Waals surface area contributed by atoms with E-state index in [4.69, 9.17) is 11.6 Å². The van der Waals surface area contributed by atoms with Gasteiger partial charge < -0.3 is 0 Å². The van der Waals surface area contributed by atoms with Crippen LogP contribution in [-0.2, 0) is 16.6 Å². The van der Waals surface area contributed by atoms with Crippen molar-refractivity contribution >= 4 is 21.6 Å². The molecule has 0 aliphatic carbocycles. The van der Waals surface area contributed by atoms with Gasteiger partial charge in [-0.05, 0) is 49.6 Å². The molecule has 128 valence electrons. The third kappa shape index (κ3) is 4.07. The number of hydrogen-bond acceptors (Lipinski definition) is 2. The average Bonchev–Trinajstić information content (AvgIpc) is 2.47. The van der Waals surface area contributed by atoms with Crippen LogP contribution in [0.25, 0.3) is 0 Å². The molecule has 2 aromatic carbocycles. The van der Waals surface area contributed by atoms with Crippen LogP contribution in [0, 0.1) is 20.8 Å². The van der Waals surface area contributed by atoms with E-state index in [9.17, 15) is 8.42 Å². The van der Waals surface area contributed by atoms with Gasteiger partial charge in [0.25, 0.3) is 0 Å². The number of hydrogen-bond donors (Lipinski definition) is 0. The molecule has 0 saturated heterocycles. The first-order chi connectivity index (χ1) is 11.3. The summed E-state index contributed by atoms with van der Waals surface area (Å²) in [4.78, 5) is 0.379. The van der Waals surface area contributed by atoms with Gasteiger partial charge in [0, 0.05) is 18.1 Å². The van der Waals surface area contributed by atoms with Crippen molar-refractivity contribution in [3.05, 3.63) is 76.3 Å². The summed E-state index contributed by atoms with van der Waals surface area (Å²) >= 11 is 5.90. The molecule has 0 aliphatic rings. The van der Waals surface area contributed by atoms with E-state index in [0.29, 0.717) is 9.92 Å². The van der Waals surface area contributed by atoms with Crippen LogP contribution < -0.4 is 0 Å². The van der Waals surface area contributed by atoms with Gasteiger partial charge in [-0.3, -0.25) is 0 Å². The lowest BCUT2D eigenvalue weighted by Gasteiger charge is -2.23. The molecule has 5 heteroatoms. The topological polar surface area (TPSA) is 37.4 Å². The van der Waals surface area contributed by atoms with Gasteiger partial charge in [-0.25, -0.2) is 8.42 Å². The molecule has 0 atom stereocenters. The first-order valence-electron chi connectivity index (χ1n) is 7.69.